The molecule has 0 spiro atoms. The molecule has 1 aromatic rings. The molecule has 0 aliphatic rings. The molecule has 1 heterocycles. The summed E-state index contributed by atoms with van der Waals surface area (Å²) in [5.41, 5.74) is -5.36. The summed E-state index contributed by atoms with van der Waals surface area (Å²) in [5.74, 6) is -0.574. The Hall–Kier alpha value is -1.31. The fraction of sp³-hybridized carbons (Fsp3) is 0.286. The van der Waals surface area contributed by atoms with Crippen LogP contribution in [0, 0.1) is 0 Å². The molecule has 0 saturated carbocycles. The third-order valence-corrected chi connectivity index (χ3v) is 3.02. The van der Waals surface area contributed by atoms with Crippen molar-refractivity contribution < 1.29 is 26.3 Å². The molecule has 84 valence electrons. The lowest BCUT2D eigenvalue weighted by molar-refractivity contribution is -0.0437. The zero-order chi connectivity index (χ0) is 11.7. The Morgan fingerprint density at radius 1 is 1.40 bits per heavy atom. The minimum absolute atomic E-state index is 0.574. The highest BCUT2D eigenvalue weighted by Crippen LogP contribution is 2.33. The third kappa shape index (κ3) is 2.04. The Kier molecular flexibility index (Phi) is 2.89. The van der Waals surface area contributed by atoms with Gasteiger partial charge in [0.1, 0.15) is 4.90 Å². The van der Waals surface area contributed by atoms with Gasteiger partial charge in [-0.05, 0) is 12.1 Å². The van der Waals surface area contributed by atoms with Gasteiger partial charge in [0.2, 0.25) is 5.88 Å². The average Bonchev–Trinajstić information content (AvgIpc) is 2.16. The number of ether oxygens (including phenoxy) is 1. The highest BCUT2D eigenvalue weighted by molar-refractivity contribution is 7.92. The third-order valence-electron chi connectivity index (χ3n) is 1.52. The predicted octanol–water partition coefficient (Wildman–Crippen LogP) is 1.38. The number of hydrogen-bond donors (Lipinski definition) is 0. The Bertz CT molecular complexity index is 455. The summed E-state index contributed by atoms with van der Waals surface area (Å²) < 4.78 is 62.9. The van der Waals surface area contributed by atoms with Crippen LogP contribution in [0.25, 0.3) is 0 Å². The number of hydrogen-bond acceptors (Lipinski definition) is 4. The summed E-state index contributed by atoms with van der Waals surface area (Å²) in [6.45, 7) is 0. The van der Waals surface area contributed by atoms with Gasteiger partial charge in [-0.3, -0.25) is 0 Å². The summed E-state index contributed by atoms with van der Waals surface area (Å²) in [5, 5.41) is 0. The molecule has 0 aliphatic heterocycles. The molecular weight excluding hydrogens is 235 g/mol. The molecule has 8 heteroatoms. The summed E-state index contributed by atoms with van der Waals surface area (Å²) in [4.78, 5) is 2.39. The van der Waals surface area contributed by atoms with Crippen LogP contribution in [0.2, 0.25) is 0 Å². The average molecular weight is 241 g/mol. The lowest BCUT2D eigenvalue weighted by Crippen LogP contribution is -2.24. The molecule has 1 aromatic heterocycles. The lowest BCUT2D eigenvalue weighted by Gasteiger charge is -2.10. The smallest absolute Gasteiger partial charge is 0.480 e. The van der Waals surface area contributed by atoms with Crippen molar-refractivity contribution in [2.24, 2.45) is 0 Å². The van der Waals surface area contributed by atoms with E-state index in [0.717, 1.165) is 25.4 Å². The molecule has 4 nitrogen and oxygen atoms in total. The van der Waals surface area contributed by atoms with E-state index in [2.05, 4.69) is 9.72 Å². The van der Waals surface area contributed by atoms with Crippen LogP contribution in [0.15, 0.2) is 23.2 Å². The number of alkyl halides is 3. The van der Waals surface area contributed by atoms with Crippen LogP contribution >= 0.6 is 0 Å². The SMILES string of the molecule is COc1ncccc1S(=O)(=O)C(F)(F)F. The second-order valence-corrected chi connectivity index (χ2v) is 4.37. The van der Waals surface area contributed by atoms with Crippen LogP contribution in [-0.4, -0.2) is 26.0 Å². The van der Waals surface area contributed by atoms with Crippen molar-refractivity contribution in [3.8, 4) is 5.88 Å². The van der Waals surface area contributed by atoms with Crippen LogP contribution in [-0.2, 0) is 9.84 Å². The predicted molar refractivity (Wildman–Crippen MR) is 44.0 cm³/mol. The monoisotopic (exact) mass is 241 g/mol. The molecular formula is C7H6F3NO3S. The quantitative estimate of drug-likeness (QED) is 0.785. The minimum Gasteiger partial charge on any atom is -0.480 e. The van der Waals surface area contributed by atoms with Crippen LogP contribution in [0.3, 0.4) is 0 Å². The lowest BCUT2D eigenvalue weighted by atomic mass is 10.5. The van der Waals surface area contributed by atoms with Gasteiger partial charge in [0.15, 0.2) is 0 Å². The van der Waals surface area contributed by atoms with Crippen LogP contribution in [0.5, 0.6) is 5.88 Å². The molecule has 0 aromatic carbocycles. The maximum atomic E-state index is 12.2. The first-order valence-corrected chi connectivity index (χ1v) is 5.09. The number of rotatable bonds is 2. The molecule has 0 bridgehead atoms. The fourth-order valence-corrected chi connectivity index (χ4v) is 1.73. The zero-order valence-electron chi connectivity index (χ0n) is 7.45. The van der Waals surface area contributed by atoms with Crippen molar-refractivity contribution >= 4 is 9.84 Å². The van der Waals surface area contributed by atoms with Crippen molar-refractivity contribution in [1.82, 2.24) is 4.98 Å². The second kappa shape index (κ2) is 3.69. The van der Waals surface area contributed by atoms with Crippen molar-refractivity contribution in [3.05, 3.63) is 18.3 Å². The summed E-state index contributed by atoms with van der Waals surface area (Å²) in [6, 6.07) is 1.87. The molecule has 0 aliphatic carbocycles. The van der Waals surface area contributed by atoms with Crippen LogP contribution in [0.4, 0.5) is 13.2 Å². The highest BCUT2D eigenvalue weighted by Gasteiger charge is 2.48. The molecule has 0 unspecified atom stereocenters. The standard InChI is InChI=1S/C7H6F3NO3S/c1-14-6-5(3-2-4-11-6)15(12,13)7(8,9)10/h2-4H,1H3. The van der Waals surface area contributed by atoms with Crippen molar-refractivity contribution in [2.45, 2.75) is 10.4 Å². The number of methoxy groups -OCH3 is 1. The zero-order valence-corrected chi connectivity index (χ0v) is 8.26. The van der Waals surface area contributed by atoms with Gasteiger partial charge in [-0.2, -0.15) is 13.2 Å². The normalized spacial score (nSPS) is 12.5. The maximum Gasteiger partial charge on any atom is 0.502 e. The van der Waals surface area contributed by atoms with Crippen LogP contribution in [0.1, 0.15) is 0 Å². The Morgan fingerprint density at radius 3 is 2.47 bits per heavy atom. The first kappa shape index (κ1) is 11.8. The Morgan fingerprint density at radius 2 is 2.00 bits per heavy atom. The van der Waals surface area contributed by atoms with E-state index in [4.69, 9.17) is 0 Å². The number of sulfone groups is 1. The van der Waals surface area contributed by atoms with E-state index >= 15 is 0 Å². The van der Waals surface area contributed by atoms with Gasteiger partial charge in [0.25, 0.3) is 9.84 Å². The first-order chi connectivity index (χ1) is 6.80. The van der Waals surface area contributed by atoms with Crippen molar-refractivity contribution in [2.75, 3.05) is 7.11 Å². The van der Waals surface area contributed by atoms with E-state index in [0.29, 0.717) is 0 Å². The molecule has 0 N–H and O–H groups in total. The van der Waals surface area contributed by atoms with E-state index in [1.165, 1.54) is 0 Å². The largest absolute Gasteiger partial charge is 0.502 e. The highest BCUT2D eigenvalue weighted by atomic mass is 32.2. The van der Waals surface area contributed by atoms with Gasteiger partial charge in [-0.1, -0.05) is 0 Å². The first-order valence-electron chi connectivity index (χ1n) is 3.61. The van der Waals surface area contributed by atoms with E-state index in [1.807, 2.05) is 0 Å². The van der Waals surface area contributed by atoms with E-state index in [1.54, 1.807) is 0 Å². The van der Waals surface area contributed by atoms with E-state index in [-0.39, 0.29) is 0 Å². The summed E-state index contributed by atoms with van der Waals surface area (Å²) >= 11 is 0. The number of aromatic nitrogens is 1. The van der Waals surface area contributed by atoms with Gasteiger partial charge in [0.05, 0.1) is 7.11 Å². The Balaban J connectivity index is 3.41. The second-order valence-electron chi connectivity index (χ2n) is 2.46. The van der Waals surface area contributed by atoms with Gasteiger partial charge in [-0.15, -0.1) is 0 Å². The molecule has 0 fully saturated rings. The van der Waals surface area contributed by atoms with Crippen molar-refractivity contribution in [1.29, 1.82) is 0 Å². The number of nitrogens with zero attached hydrogens (tertiary/aromatic N) is 1. The molecule has 0 saturated heterocycles. The summed E-state index contributed by atoms with van der Waals surface area (Å²) in [6.07, 6.45) is 1.13. The van der Waals surface area contributed by atoms with Gasteiger partial charge in [-0.25, -0.2) is 13.4 Å². The fourth-order valence-electron chi connectivity index (χ4n) is 0.859. The topological polar surface area (TPSA) is 56.3 Å². The van der Waals surface area contributed by atoms with Gasteiger partial charge in [0, 0.05) is 6.20 Å². The Labute approximate surface area is 83.6 Å². The molecule has 0 atom stereocenters. The maximum absolute atomic E-state index is 12.2. The molecule has 0 radical (unpaired) electrons. The van der Waals surface area contributed by atoms with E-state index in [9.17, 15) is 21.6 Å². The number of halogens is 3. The van der Waals surface area contributed by atoms with Crippen molar-refractivity contribution in [3.63, 3.8) is 0 Å². The van der Waals surface area contributed by atoms with Crippen LogP contribution < -0.4 is 4.74 Å². The summed E-state index contributed by atoms with van der Waals surface area (Å²) in [7, 11) is -4.37. The van der Waals surface area contributed by atoms with E-state index < -0.39 is 26.1 Å². The number of pyridine rings is 1. The molecule has 0 amide bonds. The van der Waals surface area contributed by atoms with Gasteiger partial charge >= 0.3 is 5.51 Å². The molecule has 1 rings (SSSR count). The van der Waals surface area contributed by atoms with Gasteiger partial charge < -0.3 is 4.74 Å². The molecule has 15 heavy (non-hydrogen) atoms. The minimum atomic E-state index is -5.41.